The van der Waals surface area contributed by atoms with Crippen LogP contribution in [0.5, 0.6) is 0 Å². The lowest BCUT2D eigenvalue weighted by Gasteiger charge is -2.08. The molecule has 0 spiro atoms. The third-order valence-corrected chi connectivity index (χ3v) is 3.88. The summed E-state index contributed by atoms with van der Waals surface area (Å²) in [6, 6.07) is 5.52. The second kappa shape index (κ2) is 7.69. The Morgan fingerprint density at radius 2 is 2.08 bits per heavy atom. The van der Waals surface area contributed by atoms with Gasteiger partial charge in [0.2, 0.25) is 5.91 Å². The average molecular weight is 337 g/mol. The molecule has 1 amide bonds. The largest absolute Gasteiger partial charge is 0.416 e. The number of amides is 1. The third kappa shape index (κ3) is 5.55. The molecule has 5 heteroatoms. The van der Waals surface area contributed by atoms with Gasteiger partial charge in [0.1, 0.15) is 0 Å². The molecule has 0 saturated heterocycles. The van der Waals surface area contributed by atoms with Gasteiger partial charge in [-0.15, -0.1) is 0 Å². The van der Waals surface area contributed by atoms with E-state index in [1.54, 1.807) is 18.2 Å². The fourth-order valence-corrected chi connectivity index (χ4v) is 2.47. The second-order valence-corrected chi connectivity index (χ2v) is 6.51. The summed E-state index contributed by atoms with van der Waals surface area (Å²) in [4.78, 5) is 11.5. The van der Waals surface area contributed by atoms with Crippen molar-refractivity contribution in [2.45, 2.75) is 32.4 Å². The molecule has 1 aliphatic carbocycles. The summed E-state index contributed by atoms with van der Waals surface area (Å²) >= 11 is 0. The Bertz CT molecular complexity index is 632. The molecule has 2 rings (SSSR count). The predicted octanol–water partition coefficient (Wildman–Crippen LogP) is 4.69. The Morgan fingerprint density at radius 3 is 2.75 bits per heavy atom. The first-order valence-electron chi connectivity index (χ1n) is 8.07. The van der Waals surface area contributed by atoms with Gasteiger partial charge < -0.3 is 5.32 Å². The highest BCUT2D eigenvalue weighted by Crippen LogP contribution is 2.49. The summed E-state index contributed by atoms with van der Waals surface area (Å²) in [5, 5.41) is 2.77. The average Bonchev–Trinajstić information content (AvgIpc) is 3.28. The minimum atomic E-state index is -4.30. The molecular weight excluding hydrogens is 315 g/mol. The van der Waals surface area contributed by atoms with E-state index in [9.17, 15) is 18.0 Å². The Kier molecular flexibility index (Phi) is 5.86. The maximum atomic E-state index is 12.7. The van der Waals surface area contributed by atoms with E-state index < -0.39 is 11.7 Å². The number of carbonyl (C=O) groups is 1. The smallest absolute Gasteiger partial charge is 0.352 e. The van der Waals surface area contributed by atoms with E-state index in [0.29, 0.717) is 12.5 Å². The number of benzene rings is 1. The fraction of sp³-hybridized carbons (Fsp3) is 0.421. The van der Waals surface area contributed by atoms with Crippen LogP contribution in [0.1, 0.15) is 37.3 Å². The van der Waals surface area contributed by atoms with Crippen LogP contribution in [0.3, 0.4) is 0 Å². The summed E-state index contributed by atoms with van der Waals surface area (Å²) in [6.07, 6.45) is 3.38. The lowest BCUT2D eigenvalue weighted by Crippen LogP contribution is -2.25. The molecule has 1 aromatic carbocycles. The van der Waals surface area contributed by atoms with E-state index in [2.05, 4.69) is 5.32 Å². The highest BCUT2D eigenvalue weighted by atomic mass is 19.4. The zero-order valence-electron chi connectivity index (χ0n) is 13.8. The number of hydrogen-bond donors (Lipinski definition) is 1. The van der Waals surface area contributed by atoms with E-state index in [1.165, 1.54) is 18.2 Å². The van der Waals surface area contributed by atoms with E-state index in [1.807, 2.05) is 19.9 Å². The van der Waals surface area contributed by atoms with Crippen LogP contribution in [0.25, 0.3) is 0 Å². The standard InChI is InChI=1S/C19H22F3NO/c1-13(2)12-23-18(24)9-4-3-6-15-11-17(15)14-7-5-8-16(10-14)19(20,21)22/h3-10,13,15,17H,11-12H2,1-2H3,(H,23,24)/b6-3+,9-4+. The Balaban J connectivity index is 1.84. The van der Waals surface area contributed by atoms with E-state index in [0.717, 1.165) is 18.1 Å². The molecule has 1 aliphatic rings. The van der Waals surface area contributed by atoms with Crippen LogP contribution in [-0.2, 0) is 11.0 Å². The SMILES string of the molecule is CC(C)CNC(=O)/C=C/C=C/C1CC1c1cccc(C(F)(F)F)c1. The van der Waals surface area contributed by atoms with Gasteiger partial charge in [-0.2, -0.15) is 13.2 Å². The van der Waals surface area contributed by atoms with E-state index in [4.69, 9.17) is 0 Å². The van der Waals surface area contributed by atoms with Gasteiger partial charge in [0.25, 0.3) is 0 Å². The van der Waals surface area contributed by atoms with Crippen LogP contribution in [0.4, 0.5) is 13.2 Å². The molecule has 0 aromatic heterocycles. The fourth-order valence-electron chi connectivity index (χ4n) is 2.47. The number of alkyl halides is 3. The normalized spacial score (nSPS) is 20.9. The van der Waals surface area contributed by atoms with Gasteiger partial charge in [0.05, 0.1) is 5.56 Å². The Morgan fingerprint density at radius 1 is 1.33 bits per heavy atom. The lowest BCUT2D eigenvalue weighted by atomic mass is 10.1. The minimum Gasteiger partial charge on any atom is -0.352 e. The van der Waals surface area contributed by atoms with Gasteiger partial charge in [-0.1, -0.05) is 50.3 Å². The molecule has 0 aliphatic heterocycles. The van der Waals surface area contributed by atoms with Gasteiger partial charge in [0, 0.05) is 12.6 Å². The molecular formula is C19H22F3NO. The maximum absolute atomic E-state index is 12.7. The molecule has 1 saturated carbocycles. The first-order chi connectivity index (χ1) is 11.3. The first-order valence-corrected chi connectivity index (χ1v) is 8.07. The maximum Gasteiger partial charge on any atom is 0.416 e. The Labute approximate surface area is 140 Å². The molecule has 2 unspecified atom stereocenters. The van der Waals surface area contributed by atoms with Gasteiger partial charge in [-0.25, -0.2) is 0 Å². The topological polar surface area (TPSA) is 29.1 Å². The number of hydrogen-bond acceptors (Lipinski definition) is 1. The summed E-state index contributed by atoms with van der Waals surface area (Å²) in [5.74, 6) is 0.625. The number of nitrogens with one attached hydrogen (secondary N) is 1. The molecule has 2 atom stereocenters. The van der Waals surface area contributed by atoms with Crippen molar-refractivity contribution in [2.24, 2.45) is 11.8 Å². The second-order valence-electron chi connectivity index (χ2n) is 6.51. The number of halogens is 3. The van der Waals surface area contributed by atoms with Crippen molar-refractivity contribution in [2.75, 3.05) is 6.54 Å². The van der Waals surface area contributed by atoms with Crippen molar-refractivity contribution in [3.05, 3.63) is 59.7 Å². The molecule has 130 valence electrons. The number of rotatable bonds is 6. The zero-order valence-corrected chi connectivity index (χ0v) is 13.8. The summed E-state index contributed by atoms with van der Waals surface area (Å²) in [7, 11) is 0. The quantitative estimate of drug-likeness (QED) is 0.592. The van der Waals surface area contributed by atoms with Gasteiger partial charge in [0.15, 0.2) is 0 Å². The number of allylic oxidation sites excluding steroid dienone is 3. The highest BCUT2D eigenvalue weighted by molar-refractivity contribution is 5.87. The van der Waals surface area contributed by atoms with Crippen molar-refractivity contribution in [1.29, 1.82) is 0 Å². The third-order valence-electron chi connectivity index (χ3n) is 3.88. The molecule has 0 heterocycles. The lowest BCUT2D eigenvalue weighted by molar-refractivity contribution is -0.137. The molecule has 1 fully saturated rings. The van der Waals surface area contributed by atoms with Crippen LogP contribution in [-0.4, -0.2) is 12.5 Å². The molecule has 1 N–H and O–H groups in total. The van der Waals surface area contributed by atoms with Crippen molar-refractivity contribution < 1.29 is 18.0 Å². The molecule has 2 nitrogen and oxygen atoms in total. The number of carbonyl (C=O) groups excluding carboxylic acids is 1. The van der Waals surface area contributed by atoms with Crippen molar-refractivity contribution in [3.63, 3.8) is 0 Å². The summed E-state index contributed by atoms with van der Waals surface area (Å²) in [5.41, 5.74) is 0.120. The van der Waals surface area contributed by atoms with Crippen LogP contribution in [0, 0.1) is 11.8 Å². The highest BCUT2D eigenvalue weighted by Gasteiger charge is 2.38. The van der Waals surface area contributed by atoms with Gasteiger partial charge in [-0.3, -0.25) is 4.79 Å². The van der Waals surface area contributed by atoms with E-state index in [-0.39, 0.29) is 17.7 Å². The Hall–Kier alpha value is -2.04. The van der Waals surface area contributed by atoms with Crippen LogP contribution in [0.15, 0.2) is 48.6 Å². The molecule has 0 bridgehead atoms. The summed E-state index contributed by atoms with van der Waals surface area (Å²) in [6.45, 7) is 4.67. The van der Waals surface area contributed by atoms with E-state index >= 15 is 0 Å². The zero-order chi connectivity index (χ0) is 17.7. The molecule has 0 radical (unpaired) electrons. The molecule has 1 aromatic rings. The van der Waals surface area contributed by atoms with Crippen LogP contribution < -0.4 is 5.32 Å². The monoisotopic (exact) mass is 337 g/mol. The van der Waals surface area contributed by atoms with Crippen molar-refractivity contribution >= 4 is 5.91 Å². The van der Waals surface area contributed by atoms with Crippen molar-refractivity contribution in [3.8, 4) is 0 Å². The minimum absolute atomic E-state index is 0.131. The first kappa shape index (κ1) is 18.3. The predicted molar refractivity (Wildman–Crippen MR) is 88.4 cm³/mol. The van der Waals surface area contributed by atoms with Crippen LogP contribution >= 0.6 is 0 Å². The van der Waals surface area contributed by atoms with Crippen molar-refractivity contribution in [1.82, 2.24) is 5.32 Å². The van der Waals surface area contributed by atoms with Gasteiger partial charge >= 0.3 is 6.18 Å². The molecule has 24 heavy (non-hydrogen) atoms. The summed E-state index contributed by atoms with van der Waals surface area (Å²) < 4.78 is 38.2. The van der Waals surface area contributed by atoms with Gasteiger partial charge in [-0.05, 0) is 35.8 Å². The van der Waals surface area contributed by atoms with Crippen LogP contribution in [0.2, 0.25) is 0 Å².